The summed E-state index contributed by atoms with van der Waals surface area (Å²) in [6, 6.07) is 13.9. The van der Waals surface area contributed by atoms with E-state index in [2.05, 4.69) is 53.3 Å². The van der Waals surface area contributed by atoms with Gasteiger partial charge in [-0.2, -0.15) is 0 Å². The van der Waals surface area contributed by atoms with Crippen molar-refractivity contribution >= 4 is 39.5 Å². The quantitative estimate of drug-likeness (QED) is 0.455. The zero-order valence-corrected chi connectivity index (χ0v) is 21.5. The second kappa shape index (κ2) is 12.3. The van der Waals surface area contributed by atoms with Crippen molar-refractivity contribution in [1.82, 2.24) is 10.2 Å². The number of carbonyl (C=O) groups is 2. The molecular formula is C25H33BrN2O2S. The topological polar surface area (TPSA) is 49.4 Å². The van der Waals surface area contributed by atoms with Gasteiger partial charge in [0, 0.05) is 22.8 Å². The molecule has 0 aliphatic heterocycles. The molecule has 1 N–H and O–H groups in total. The molecule has 2 aromatic rings. The van der Waals surface area contributed by atoms with Gasteiger partial charge in [-0.15, -0.1) is 11.8 Å². The maximum Gasteiger partial charge on any atom is 0.242 e. The predicted octanol–water partition coefficient (Wildman–Crippen LogP) is 5.63. The average Bonchev–Trinajstić information content (AvgIpc) is 2.71. The summed E-state index contributed by atoms with van der Waals surface area (Å²) in [6.45, 7) is 10.4. The fraction of sp³-hybridized carbons (Fsp3) is 0.440. The highest BCUT2D eigenvalue weighted by atomic mass is 79.9. The third-order valence-corrected chi connectivity index (χ3v) is 6.73. The van der Waals surface area contributed by atoms with Gasteiger partial charge in [-0.3, -0.25) is 9.59 Å². The Labute approximate surface area is 199 Å². The molecule has 0 fully saturated rings. The maximum absolute atomic E-state index is 13.2. The van der Waals surface area contributed by atoms with Crippen LogP contribution >= 0.6 is 27.7 Å². The number of amides is 2. The van der Waals surface area contributed by atoms with Gasteiger partial charge >= 0.3 is 0 Å². The third-order valence-electron chi connectivity index (χ3n) is 5.21. The highest BCUT2D eigenvalue weighted by molar-refractivity contribution is 9.10. The van der Waals surface area contributed by atoms with Crippen LogP contribution in [0.2, 0.25) is 0 Å². The highest BCUT2D eigenvalue weighted by Crippen LogP contribution is 2.19. The molecular weight excluding hydrogens is 472 g/mol. The number of benzene rings is 2. The molecule has 2 amide bonds. The first-order chi connectivity index (χ1) is 14.7. The fourth-order valence-electron chi connectivity index (χ4n) is 3.33. The Morgan fingerprint density at radius 2 is 1.65 bits per heavy atom. The fourth-order valence-corrected chi connectivity index (χ4v) is 4.44. The van der Waals surface area contributed by atoms with Crippen LogP contribution in [0.25, 0.3) is 0 Å². The van der Waals surface area contributed by atoms with Gasteiger partial charge < -0.3 is 10.2 Å². The summed E-state index contributed by atoms with van der Waals surface area (Å²) in [5, 5.41) is 3.01. The second-order valence-corrected chi connectivity index (χ2v) is 10.0. The minimum absolute atomic E-state index is 0.0240. The lowest BCUT2D eigenvalue weighted by molar-refractivity contribution is -0.138. The van der Waals surface area contributed by atoms with E-state index in [1.54, 1.807) is 16.7 Å². The summed E-state index contributed by atoms with van der Waals surface area (Å²) in [4.78, 5) is 27.6. The molecule has 2 aromatic carbocycles. The Kier molecular flexibility index (Phi) is 10.1. The van der Waals surface area contributed by atoms with Crippen molar-refractivity contribution in [3.05, 3.63) is 69.2 Å². The van der Waals surface area contributed by atoms with Crippen LogP contribution in [0.3, 0.4) is 0 Å². The molecule has 0 spiro atoms. The van der Waals surface area contributed by atoms with Gasteiger partial charge in [0.15, 0.2) is 0 Å². The van der Waals surface area contributed by atoms with Crippen LogP contribution in [0.4, 0.5) is 0 Å². The number of nitrogens with zero attached hydrogens (tertiary/aromatic N) is 1. The summed E-state index contributed by atoms with van der Waals surface area (Å²) in [5.74, 6) is 0.974. The molecule has 0 bridgehead atoms. The number of hydrogen-bond acceptors (Lipinski definition) is 3. The van der Waals surface area contributed by atoms with Gasteiger partial charge in [0.25, 0.3) is 0 Å². The summed E-state index contributed by atoms with van der Waals surface area (Å²) in [7, 11) is 0. The smallest absolute Gasteiger partial charge is 0.242 e. The Hall–Kier alpha value is -1.79. The largest absolute Gasteiger partial charge is 0.352 e. The van der Waals surface area contributed by atoms with Crippen LogP contribution in [-0.2, 0) is 21.9 Å². The van der Waals surface area contributed by atoms with Crippen LogP contribution in [0.15, 0.2) is 46.9 Å². The number of nitrogens with one attached hydrogen (secondary N) is 1. The lowest BCUT2D eigenvalue weighted by Gasteiger charge is -2.29. The summed E-state index contributed by atoms with van der Waals surface area (Å²) in [6.07, 6.45) is 0.852. The van der Waals surface area contributed by atoms with Crippen LogP contribution in [0.1, 0.15) is 49.4 Å². The summed E-state index contributed by atoms with van der Waals surface area (Å²) < 4.78 is 0.987. The first-order valence-corrected chi connectivity index (χ1v) is 12.6. The van der Waals surface area contributed by atoms with E-state index in [1.165, 1.54) is 16.7 Å². The Balaban J connectivity index is 2.08. The van der Waals surface area contributed by atoms with Crippen LogP contribution in [-0.4, -0.2) is 34.6 Å². The molecule has 0 unspecified atom stereocenters. The van der Waals surface area contributed by atoms with Gasteiger partial charge in [-0.25, -0.2) is 0 Å². The molecule has 168 valence electrons. The van der Waals surface area contributed by atoms with Gasteiger partial charge in [0.1, 0.15) is 6.04 Å². The number of thioether (sulfide) groups is 1. The van der Waals surface area contributed by atoms with Crippen molar-refractivity contribution in [2.75, 3.05) is 5.75 Å². The van der Waals surface area contributed by atoms with Crippen molar-refractivity contribution in [3.8, 4) is 0 Å². The van der Waals surface area contributed by atoms with Gasteiger partial charge in [-0.05, 0) is 57.4 Å². The van der Waals surface area contributed by atoms with E-state index in [0.717, 1.165) is 22.2 Å². The molecule has 4 nitrogen and oxygen atoms in total. The number of carbonyl (C=O) groups excluding carboxylic acids is 2. The normalized spacial score (nSPS) is 12.8. The van der Waals surface area contributed by atoms with Gasteiger partial charge in [-0.1, -0.05) is 64.3 Å². The SMILES string of the molecule is CC[C@@H](C)NC(=O)[C@@H](C)N(Cc1ccc(Br)cc1)C(=O)CSCc1cc(C)cc(C)c1. The number of aryl methyl sites for hydroxylation is 2. The first kappa shape index (κ1) is 25.5. The molecule has 2 rings (SSSR count). The van der Waals surface area contributed by atoms with E-state index < -0.39 is 6.04 Å². The molecule has 0 saturated heterocycles. The average molecular weight is 506 g/mol. The minimum atomic E-state index is -0.535. The van der Waals surface area contributed by atoms with Crippen molar-refractivity contribution in [2.24, 2.45) is 0 Å². The van der Waals surface area contributed by atoms with Crippen molar-refractivity contribution in [3.63, 3.8) is 0 Å². The third kappa shape index (κ3) is 8.34. The van der Waals surface area contributed by atoms with E-state index in [9.17, 15) is 9.59 Å². The van der Waals surface area contributed by atoms with E-state index in [0.29, 0.717) is 12.3 Å². The Bertz CT molecular complexity index is 865. The molecule has 0 aliphatic rings. The van der Waals surface area contributed by atoms with Crippen molar-refractivity contribution in [1.29, 1.82) is 0 Å². The van der Waals surface area contributed by atoms with E-state index >= 15 is 0 Å². The van der Waals surface area contributed by atoms with Crippen molar-refractivity contribution in [2.45, 2.75) is 65.4 Å². The molecule has 0 heterocycles. The molecule has 0 saturated carbocycles. The number of hydrogen-bond donors (Lipinski definition) is 1. The summed E-state index contributed by atoms with van der Waals surface area (Å²) >= 11 is 5.04. The molecule has 6 heteroatoms. The Morgan fingerprint density at radius 3 is 2.23 bits per heavy atom. The highest BCUT2D eigenvalue weighted by Gasteiger charge is 2.26. The van der Waals surface area contributed by atoms with E-state index in [1.807, 2.05) is 45.0 Å². The number of rotatable bonds is 10. The monoisotopic (exact) mass is 504 g/mol. The molecule has 0 aromatic heterocycles. The zero-order chi connectivity index (χ0) is 23.0. The maximum atomic E-state index is 13.2. The van der Waals surface area contributed by atoms with Crippen LogP contribution in [0.5, 0.6) is 0 Å². The van der Waals surface area contributed by atoms with Crippen molar-refractivity contribution < 1.29 is 9.59 Å². The van der Waals surface area contributed by atoms with Crippen LogP contribution in [0, 0.1) is 13.8 Å². The van der Waals surface area contributed by atoms with Crippen LogP contribution < -0.4 is 5.32 Å². The zero-order valence-electron chi connectivity index (χ0n) is 19.1. The van der Waals surface area contributed by atoms with Gasteiger partial charge in [0.2, 0.25) is 11.8 Å². The number of halogens is 1. The Morgan fingerprint density at radius 1 is 1.03 bits per heavy atom. The molecule has 2 atom stereocenters. The molecule has 0 aliphatic carbocycles. The summed E-state index contributed by atoms with van der Waals surface area (Å²) in [5.41, 5.74) is 4.68. The second-order valence-electron chi connectivity index (χ2n) is 8.13. The van der Waals surface area contributed by atoms with E-state index in [-0.39, 0.29) is 17.9 Å². The predicted molar refractivity (Wildman–Crippen MR) is 134 cm³/mol. The lowest BCUT2D eigenvalue weighted by atomic mass is 10.1. The standard InChI is InChI=1S/C25H33BrN2O2S/c1-6-19(4)27-25(30)20(5)28(14-21-7-9-23(26)10-8-21)24(29)16-31-15-22-12-17(2)11-18(3)13-22/h7-13,19-20H,6,14-16H2,1-5H3,(H,27,30)/t19-,20-/m1/s1. The lowest BCUT2D eigenvalue weighted by Crippen LogP contribution is -2.50. The van der Waals surface area contributed by atoms with E-state index in [4.69, 9.17) is 0 Å². The molecule has 0 radical (unpaired) electrons. The minimum Gasteiger partial charge on any atom is -0.352 e. The first-order valence-electron chi connectivity index (χ1n) is 10.7. The van der Waals surface area contributed by atoms with Gasteiger partial charge in [0.05, 0.1) is 5.75 Å². The molecule has 31 heavy (non-hydrogen) atoms.